The normalized spacial score (nSPS) is 18.9. The Labute approximate surface area is 136 Å². The molecule has 2 rings (SSSR count). The summed E-state index contributed by atoms with van der Waals surface area (Å²) in [6, 6.07) is 5.70. The van der Waals surface area contributed by atoms with Gasteiger partial charge in [-0.3, -0.25) is 4.79 Å². The van der Waals surface area contributed by atoms with E-state index >= 15 is 0 Å². The van der Waals surface area contributed by atoms with Crippen LogP contribution in [0.1, 0.15) is 32.6 Å². The van der Waals surface area contributed by atoms with E-state index in [1.54, 1.807) is 6.92 Å². The van der Waals surface area contributed by atoms with Gasteiger partial charge >= 0.3 is 0 Å². The van der Waals surface area contributed by atoms with Crippen molar-refractivity contribution >= 4 is 27.3 Å². The van der Waals surface area contributed by atoms with Gasteiger partial charge in [0.2, 0.25) is 5.91 Å². The van der Waals surface area contributed by atoms with E-state index in [-0.39, 0.29) is 17.5 Å². The molecule has 1 aliphatic rings. The van der Waals surface area contributed by atoms with Crippen molar-refractivity contribution in [3.63, 3.8) is 0 Å². The van der Waals surface area contributed by atoms with Crippen LogP contribution in [0.4, 0.5) is 0 Å². The molecule has 22 heavy (non-hydrogen) atoms. The topological polar surface area (TPSA) is 89.3 Å². The Morgan fingerprint density at radius 1 is 1.32 bits per heavy atom. The first-order valence-corrected chi connectivity index (χ1v) is 9.21. The van der Waals surface area contributed by atoms with Crippen LogP contribution in [0.5, 0.6) is 0 Å². The van der Waals surface area contributed by atoms with Gasteiger partial charge in [0.15, 0.2) is 14.6 Å². The number of benzene rings is 1. The quantitative estimate of drug-likeness (QED) is 0.853. The van der Waals surface area contributed by atoms with Gasteiger partial charge in [-0.05, 0) is 44.0 Å². The molecule has 7 heteroatoms. The molecule has 122 valence electrons. The highest BCUT2D eigenvalue weighted by Gasteiger charge is 2.53. The van der Waals surface area contributed by atoms with E-state index in [0.29, 0.717) is 17.9 Å². The number of carbonyl (C=O) groups is 1. The molecule has 1 aromatic carbocycles. The highest BCUT2D eigenvalue weighted by atomic mass is 35.5. The number of hydrogen-bond acceptors (Lipinski definition) is 4. The van der Waals surface area contributed by atoms with Crippen LogP contribution in [-0.2, 0) is 14.6 Å². The van der Waals surface area contributed by atoms with Crippen LogP contribution < -0.4 is 11.1 Å². The molecule has 0 unspecified atom stereocenters. The summed E-state index contributed by atoms with van der Waals surface area (Å²) in [5, 5.41) is 3.19. The van der Waals surface area contributed by atoms with Crippen molar-refractivity contribution in [1.29, 1.82) is 0 Å². The number of halogens is 1. The molecule has 0 heterocycles. The third kappa shape index (κ3) is 3.00. The van der Waals surface area contributed by atoms with E-state index < -0.39 is 20.5 Å². The van der Waals surface area contributed by atoms with Crippen LogP contribution in [0.15, 0.2) is 29.2 Å². The Balaban J connectivity index is 2.42. The Hall–Kier alpha value is -1.11. The van der Waals surface area contributed by atoms with Crippen molar-refractivity contribution in [3.05, 3.63) is 29.3 Å². The summed E-state index contributed by atoms with van der Waals surface area (Å²) < 4.78 is 24.7. The van der Waals surface area contributed by atoms with Crippen molar-refractivity contribution < 1.29 is 13.2 Å². The number of carbonyl (C=O) groups excluding carboxylic acids is 1. The summed E-state index contributed by atoms with van der Waals surface area (Å²) in [4.78, 5) is 12.8. The zero-order valence-electron chi connectivity index (χ0n) is 12.5. The van der Waals surface area contributed by atoms with Gasteiger partial charge in [-0.15, -0.1) is 0 Å². The molecule has 0 aliphatic heterocycles. The minimum absolute atomic E-state index is 0.134. The van der Waals surface area contributed by atoms with Gasteiger partial charge in [-0.1, -0.05) is 24.4 Å². The maximum absolute atomic E-state index is 13.0. The molecule has 1 saturated carbocycles. The van der Waals surface area contributed by atoms with Crippen LogP contribution >= 0.6 is 11.6 Å². The molecular weight excluding hydrogens is 324 g/mol. The molecule has 0 saturated heterocycles. The number of rotatable bonds is 5. The molecule has 1 fully saturated rings. The number of nitrogens with one attached hydrogen (secondary N) is 1. The largest absolute Gasteiger partial charge is 0.351 e. The van der Waals surface area contributed by atoms with E-state index in [9.17, 15) is 13.2 Å². The SMILES string of the molecule is C[C@@H](CN)NC(=O)C1(S(=O)(=O)c2ccc(Cl)cc2)CCCC1. The molecule has 5 nitrogen and oxygen atoms in total. The van der Waals surface area contributed by atoms with E-state index in [2.05, 4.69) is 5.32 Å². The van der Waals surface area contributed by atoms with Crippen molar-refractivity contribution in [1.82, 2.24) is 5.32 Å². The van der Waals surface area contributed by atoms with E-state index in [1.165, 1.54) is 24.3 Å². The Morgan fingerprint density at radius 2 is 1.86 bits per heavy atom. The molecule has 1 aromatic rings. The van der Waals surface area contributed by atoms with E-state index in [1.807, 2.05) is 0 Å². The number of sulfone groups is 1. The molecule has 0 spiro atoms. The third-order valence-electron chi connectivity index (χ3n) is 4.19. The molecule has 3 N–H and O–H groups in total. The van der Waals surface area contributed by atoms with Crippen LogP contribution in [0.25, 0.3) is 0 Å². The van der Waals surface area contributed by atoms with Crippen LogP contribution in [0, 0.1) is 0 Å². The van der Waals surface area contributed by atoms with Crippen molar-refractivity contribution in [3.8, 4) is 0 Å². The summed E-state index contributed by atoms with van der Waals surface area (Å²) in [6.45, 7) is 2.03. The summed E-state index contributed by atoms with van der Waals surface area (Å²) in [5.41, 5.74) is 5.52. The van der Waals surface area contributed by atoms with Gasteiger partial charge in [0, 0.05) is 17.6 Å². The first kappa shape index (κ1) is 17.2. The molecule has 1 atom stereocenters. The zero-order valence-corrected chi connectivity index (χ0v) is 14.1. The van der Waals surface area contributed by atoms with Gasteiger partial charge in [0.05, 0.1) is 4.90 Å². The highest BCUT2D eigenvalue weighted by Crippen LogP contribution is 2.41. The van der Waals surface area contributed by atoms with Gasteiger partial charge in [0.1, 0.15) is 0 Å². The van der Waals surface area contributed by atoms with Crippen molar-refractivity contribution in [2.75, 3.05) is 6.54 Å². The first-order chi connectivity index (χ1) is 10.3. The lowest BCUT2D eigenvalue weighted by Crippen LogP contribution is -2.53. The van der Waals surface area contributed by atoms with Crippen LogP contribution in [0.3, 0.4) is 0 Å². The number of amides is 1. The molecular formula is C15H21ClN2O3S. The fourth-order valence-electron chi connectivity index (χ4n) is 2.82. The first-order valence-electron chi connectivity index (χ1n) is 7.35. The summed E-state index contributed by atoms with van der Waals surface area (Å²) in [6.07, 6.45) is 2.11. The number of nitrogens with two attached hydrogens (primary N) is 1. The zero-order chi connectivity index (χ0) is 16.4. The third-order valence-corrected chi connectivity index (χ3v) is 6.96. The lowest BCUT2D eigenvalue weighted by molar-refractivity contribution is -0.124. The maximum atomic E-state index is 13.0. The van der Waals surface area contributed by atoms with Crippen LogP contribution in [0.2, 0.25) is 5.02 Å². The average Bonchev–Trinajstić information content (AvgIpc) is 2.99. The average molecular weight is 345 g/mol. The van der Waals surface area contributed by atoms with Gasteiger partial charge in [-0.2, -0.15) is 0 Å². The summed E-state index contributed by atoms with van der Waals surface area (Å²) in [7, 11) is -3.78. The van der Waals surface area contributed by atoms with Crippen LogP contribution in [-0.4, -0.2) is 31.7 Å². The lowest BCUT2D eigenvalue weighted by atomic mass is 10.1. The Morgan fingerprint density at radius 3 is 2.36 bits per heavy atom. The summed E-state index contributed by atoms with van der Waals surface area (Å²) >= 11 is 5.82. The van der Waals surface area contributed by atoms with Crippen molar-refractivity contribution in [2.24, 2.45) is 5.73 Å². The fraction of sp³-hybridized carbons (Fsp3) is 0.533. The smallest absolute Gasteiger partial charge is 0.242 e. The molecule has 1 amide bonds. The molecule has 0 radical (unpaired) electrons. The molecule has 0 aromatic heterocycles. The van der Waals surface area contributed by atoms with E-state index in [0.717, 1.165) is 12.8 Å². The van der Waals surface area contributed by atoms with Crippen molar-refractivity contribution in [2.45, 2.75) is 48.3 Å². The molecule has 1 aliphatic carbocycles. The Kier molecular flexibility index (Phi) is 5.14. The standard InChI is InChI=1S/C15H21ClN2O3S/c1-11(10-17)18-14(19)15(8-2-3-9-15)22(20,21)13-6-4-12(16)5-7-13/h4-7,11H,2-3,8-10,17H2,1H3,(H,18,19)/t11-/m0/s1. The predicted octanol–water partition coefficient (Wildman–Crippen LogP) is 1.89. The number of hydrogen-bond donors (Lipinski definition) is 2. The minimum Gasteiger partial charge on any atom is -0.351 e. The summed E-state index contributed by atoms with van der Waals surface area (Å²) in [5.74, 6) is -0.446. The minimum atomic E-state index is -3.78. The predicted molar refractivity (Wildman–Crippen MR) is 86.5 cm³/mol. The second-order valence-corrected chi connectivity index (χ2v) is 8.47. The van der Waals surface area contributed by atoms with Gasteiger partial charge in [-0.25, -0.2) is 8.42 Å². The molecule has 0 bridgehead atoms. The highest BCUT2D eigenvalue weighted by molar-refractivity contribution is 7.93. The second-order valence-electron chi connectivity index (χ2n) is 5.77. The van der Waals surface area contributed by atoms with Gasteiger partial charge in [0.25, 0.3) is 0 Å². The van der Waals surface area contributed by atoms with Gasteiger partial charge < -0.3 is 11.1 Å². The monoisotopic (exact) mass is 344 g/mol. The second kappa shape index (κ2) is 6.56. The maximum Gasteiger partial charge on any atom is 0.242 e. The Bertz CT molecular complexity index is 637. The fourth-order valence-corrected chi connectivity index (χ4v) is 5.02. The van der Waals surface area contributed by atoms with E-state index in [4.69, 9.17) is 17.3 Å². The lowest BCUT2D eigenvalue weighted by Gasteiger charge is -2.29.